The van der Waals surface area contributed by atoms with E-state index in [9.17, 15) is 32.7 Å². The number of fused-ring (bicyclic) bond motifs is 3. The molecule has 1 atom stereocenters. The third kappa shape index (κ3) is 5.97. The van der Waals surface area contributed by atoms with Crippen LogP contribution in [0.2, 0.25) is 5.02 Å². The van der Waals surface area contributed by atoms with Crippen molar-refractivity contribution >= 4 is 40.3 Å². The highest BCUT2D eigenvalue weighted by Crippen LogP contribution is 2.51. The minimum Gasteiger partial charge on any atom is -0.504 e. The van der Waals surface area contributed by atoms with Gasteiger partial charge in [-0.15, -0.1) is 15.0 Å². The van der Waals surface area contributed by atoms with Crippen LogP contribution < -0.4 is 15.5 Å². The Hall–Kier alpha value is -5.58. The fraction of sp³-hybridized carbons (Fsp3) is 0.353. The van der Waals surface area contributed by atoms with E-state index in [0.29, 0.717) is 36.2 Å². The number of carbonyl (C=O) groups excluding carboxylic acids is 2. The zero-order valence-electron chi connectivity index (χ0n) is 28.0. The number of benzene rings is 1. The van der Waals surface area contributed by atoms with Crippen molar-refractivity contribution < 1.29 is 32.6 Å². The minimum atomic E-state index is -4.62. The largest absolute Gasteiger partial charge is 0.504 e. The van der Waals surface area contributed by atoms with Gasteiger partial charge in [0.25, 0.3) is 5.91 Å². The summed E-state index contributed by atoms with van der Waals surface area (Å²) in [5, 5.41) is 21.9. The molecular weight excluding hydrogens is 707 g/mol. The number of anilines is 1. The maximum atomic E-state index is 14.5. The number of piperidine rings is 1. The first-order valence-corrected chi connectivity index (χ1v) is 16.6. The molecule has 0 saturated carbocycles. The standard InChI is InChI=1S/C34H31ClF3N9O5/c1-17-14-33(7-10-45(11-8-33)32(51)27-29(49)18(2)40-16-41-27)25-28(17)46(15-23(48)42-22-5-4-19(12-21(22)35)34(36,37)38)31-26(30(25)50)43-47(44-31)20-6-9-39-24(13-20)52-3/h4-6,9,12-13,16-17,49H,7-8,10-11,14-15H2,1-3H3,(H,42,48)/t17-/m1/s1. The van der Waals surface area contributed by atoms with Gasteiger partial charge in [-0.2, -0.15) is 13.2 Å². The first kappa shape index (κ1) is 34.9. The summed E-state index contributed by atoms with van der Waals surface area (Å²) in [5.74, 6) is -1.32. The molecule has 1 saturated heterocycles. The number of aromatic nitrogens is 7. The van der Waals surface area contributed by atoms with Crippen molar-refractivity contribution in [1.29, 1.82) is 0 Å². The number of likely N-dealkylation sites (tertiary alicyclic amines) is 1. The van der Waals surface area contributed by atoms with Gasteiger partial charge in [-0.3, -0.25) is 14.4 Å². The lowest BCUT2D eigenvalue weighted by Gasteiger charge is -2.39. The van der Waals surface area contributed by atoms with E-state index in [1.165, 1.54) is 24.4 Å². The molecule has 52 heavy (non-hydrogen) atoms. The first-order valence-electron chi connectivity index (χ1n) is 16.2. The van der Waals surface area contributed by atoms with Gasteiger partial charge in [0.05, 0.1) is 34.8 Å². The fourth-order valence-corrected chi connectivity index (χ4v) is 7.55. The van der Waals surface area contributed by atoms with E-state index in [-0.39, 0.29) is 75.9 Å². The molecule has 0 bridgehead atoms. The molecule has 5 aromatic rings. The number of alkyl halides is 3. The van der Waals surface area contributed by atoms with Gasteiger partial charge in [-0.25, -0.2) is 15.0 Å². The minimum absolute atomic E-state index is 0.00301. The number of ether oxygens (including phenoxy) is 1. The lowest BCUT2D eigenvalue weighted by molar-refractivity contribution is -0.137. The van der Waals surface area contributed by atoms with E-state index in [1.807, 2.05) is 6.92 Å². The molecule has 1 aliphatic heterocycles. The topological polar surface area (TPSA) is 170 Å². The highest BCUT2D eigenvalue weighted by atomic mass is 35.5. The average molecular weight is 738 g/mol. The number of hydrogen-bond acceptors (Lipinski definition) is 10. The zero-order chi connectivity index (χ0) is 37.1. The van der Waals surface area contributed by atoms with Crippen molar-refractivity contribution in [3.05, 3.63) is 86.3 Å². The van der Waals surface area contributed by atoms with Crippen molar-refractivity contribution in [3.8, 4) is 17.3 Å². The van der Waals surface area contributed by atoms with E-state index in [0.717, 1.165) is 18.2 Å². The van der Waals surface area contributed by atoms with Crippen molar-refractivity contribution in [2.45, 2.75) is 57.2 Å². The fourth-order valence-electron chi connectivity index (χ4n) is 7.32. The third-order valence-corrected chi connectivity index (χ3v) is 10.1. The smallest absolute Gasteiger partial charge is 0.416 e. The molecule has 2 N–H and O–H groups in total. The van der Waals surface area contributed by atoms with Crippen LogP contribution in [0.5, 0.6) is 11.6 Å². The molecule has 4 aromatic heterocycles. The quantitative estimate of drug-likeness (QED) is 0.247. The van der Waals surface area contributed by atoms with Crippen LogP contribution in [0.15, 0.2) is 47.7 Å². The summed E-state index contributed by atoms with van der Waals surface area (Å²) < 4.78 is 46.6. The zero-order valence-corrected chi connectivity index (χ0v) is 28.8. The molecule has 1 aromatic carbocycles. The van der Waals surface area contributed by atoms with E-state index in [4.69, 9.17) is 16.3 Å². The Morgan fingerprint density at radius 1 is 1.12 bits per heavy atom. The number of carbonyl (C=O) groups is 2. The molecule has 0 unspecified atom stereocenters. The summed E-state index contributed by atoms with van der Waals surface area (Å²) in [4.78, 5) is 56.4. The number of hydrogen-bond donors (Lipinski definition) is 2. The molecule has 14 nitrogen and oxygen atoms in total. The Balaban J connectivity index is 1.28. The van der Waals surface area contributed by atoms with Crippen LogP contribution >= 0.6 is 11.6 Å². The number of pyridine rings is 2. The monoisotopic (exact) mass is 737 g/mol. The molecule has 18 heteroatoms. The maximum absolute atomic E-state index is 14.5. The van der Waals surface area contributed by atoms with E-state index >= 15 is 0 Å². The van der Waals surface area contributed by atoms with Crippen molar-refractivity contribution in [1.82, 2.24) is 39.4 Å². The molecule has 2 aliphatic rings. The van der Waals surface area contributed by atoms with Crippen molar-refractivity contribution in [3.63, 3.8) is 0 Å². The second-order valence-corrected chi connectivity index (χ2v) is 13.4. The Morgan fingerprint density at radius 2 is 1.87 bits per heavy atom. The molecule has 7 rings (SSSR count). The van der Waals surface area contributed by atoms with Crippen LogP contribution in [0.4, 0.5) is 18.9 Å². The van der Waals surface area contributed by atoms with Crippen molar-refractivity contribution in [2.24, 2.45) is 0 Å². The van der Waals surface area contributed by atoms with Gasteiger partial charge in [-0.1, -0.05) is 18.5 Å². The Kier molecular flexibility index (Phi) is 8.63. The Labute approximate surface area is 298 Å². The van der Waals surface area contributed by atoms with Crippen LogP contribution in [-0.4, -0.2) is 76.5 Å². The van der Waals surface area contributed by atoms with Gasteiger partial charge in [0, 0.05) is 42.0 Å². The summed E-state index contributed by atoms with van der Waals surface area (Å²) in [6.07, 6.45) is -0.559. The number of aromatic hydroxyl groups is 1. The van der Waals surface area contributed by atoms with Crippen LogP contribution in [0.1, 0.15) is 65.1 Å². The second kappa shape index (κ2) is 12.9. The van der Waals surface area contributed by atoms with Crippen LogP contribution in [0.3, 0.4) is 0 Å². The average Bonchev–Trinajstić information content (AvgIpc) is 3.68. The van der Waals surface area contributed by atoms with Gasteiger partial charge >= 0.3 is 6.18 Å². The third-order valence-electron chi connectivity index (χ3n) is 9.78. The molecule has 270 valence electrons. The molecule has 1 aliphatic carbocycles. The lowest BCUT2D eigenvalue weighted by atomic mass is 9.73. The number of halogens is 4. The summed E-state index contributed by atoms with van der Waals surface area (Å²) >= 11 is 6.15. The molecule has 1 fully saturated rings. The van der Waals surface area contributed by atoms with Gasteiger partial charge in [0.2, 0.25) is 17.2 Å². The summed E-state index contributed by atoms with van der Waals surface area (Å²) in [6.45, 7) is 3.67. The predicted octanol–water partition coefficient (Wildman–Crippen LogP) is 4.78. The van der Waals surface area contributed by atoms with E-state index < -0.39 is 29.0 Å². The summed E-state index contributed by atoms with van der Waals surface area (Å²) in [7, 11) is 1.45. The second-order valence-electron chi connectivity index (χ2n) is 13.0. The van der Waals surface area contributed by atoms with Gasteiger partial charge in [0.15, 0.2) is 22.6 Å². The van der Waals surface area contributed by atoms with Gasteiger partial charge in [-0.05, 0) is 56.4 Å². The number of amides is 2. The van der Waals surface area contributed by atoms with E-state index in [1.54, 1.807) is 28.5 Å². The maximum Gasteiger partial charge on any atom is 0.416 e. The Morgan fingerprint density at radius 3 is 2.56 bits per heavy atom. The van der Waals surface area contributed by atoms with Gasteiger partial charge in [0.1, 0.15) is 12.9 Å². The molecule has 2 amide bonds. The number of nitrogens with one attached hydrogen (secondary N) is 1. The van der Waals surface area contributed by atoms with Crippen LogP contribution in [-0.2, 0) is 22.9 Å². The van der Waals surface area contributed by atoms with Crippen LogP contribution in [0.25, 0.3) is 16.9 Å². The van der Waals surface area contributed by atoms with Crippen molar-refractivity contribution in [2.75, 3.05) is 25.5 Å². The highest BCUT2D eigenvalue weighted by molar-refractivity contribution is 6.33. The number of aryl methyl sites for hydroxylation is 1. The summed E-state index contributed by atoms with van der Waals surface area (Å²) in [6, 6.07) is 5.83. The lowest BCUT2D eigenvalue weighted by Crippen LogP contribution is -2.46. The van der Waals surface area contributed by atoms with Crippen LogP contribution in [0, 0.1) is 6.92 Å². The van der Waals surface area contributed by atoms with E-state index in [2.05, 4.69) is 30.5 Å². The number of methoxy groups -OCH3 is 1. The number of nitrogens with zero attached hydrogens (tertiary/aromatic N) is 8. The molecular formula is C34H31ClF3N9O5. The molecule has 5 heterocycles. The SMILES string of the molecule is COc1cc(-n2nc3c(=O)c4c(n(CC(=O)Nc5ccc(C(F)(F)F)cc5Cl)c3n2)[C@H](C)CC42CCN(C(=O)c3ncnc(C)c3O)CC2)ccn1. The predicted molar refractivity (Wildman–Crippen MR) is 181 cm³/mol. The molecule has 1 spiro atoms. The molecule has 0 radical (unpaired) electrons. The Bertz CT molecular complexity index is 2320. The summed E-state index contributed by atoms with van der Waals surface area (Å²) in [5.41, 5.74) is -0.228. The normalized spacial score (nSPS) is 16.7. The first-order chi connectivity index (χ1) is 24.7. The highest BCUT2D eigenvalue weighted by Gasteiger charge is 2.49. The number of rotatable bonds is 6. The van der Waals surface area contributed by atoms with Gasteiger partial charge < -0.3 is 24.6 Å².